The van der Waals surface area contributed by atoms with Crippen molar-refractivity contribution in [3.8, 4) is 5.75 Å². The number of carbonyl (C=O) groups is 1. The molecule has 0 bridgehead atoms. The van der Waals surface area contributed by atoms with Gasteiger partial charge in [-0.15, -0.1) is 0 Å². The molecule has 0 saturated heterocycles. The highest BCUT2D eigenvalue weighted by molar-refractivity contribution is 5.85. The topological polar surface area (TPSA) is 46.5 Å². The predicted molar refractivity (Wildman–Crippen MR) is 48.5 cm³/mol. The first-order valence-corrected chi connectivity index (χ1v) is 3.69. The second-order valence-electron chi connectivity index (χ2n) is 2.34. The van der Waals surface area contributed by atoms with Crippen molar-refractivity contribution in [2.45, 2.75) is 0 Å². The van der Waals surface area contributed by atoms with Crippen LogP contribution >= 0.6 is 0 Å². The minimum atomic E-state index is -0.977. The quantitative estimate of drug-likeness (QED) is 0.713. The summed E-state index contributed by atoms with van der Waals surface area (Å²) in [5, 5.41) is 8.40. The smallest absolute Gasteiger partial charge is 0.328 e. The number of hydrogen-bond donors (Lipinski definition) is 1. The zero-order valence-electron chi connectivity index (χ0n) is 7.15. The third-order valence-corrected chi connectivity index (χ3v) is 1.48. The molecule has 0 fully saturated rings. The third-order valence-electron chi connectivity index (χ3n) is 1.48. The Labute approximate surface area is 76.3 Å². The number of rotatable bonds is 3. The van der Waals surface area contributed by atoms with Crippen LogP contribution in [0.1, 0.15) is 5.56 Å². The monoisotopic (exact) mass is 177 g/mol. The summed E-state index contributed by atoms with van der Waals surface area (Å²) in [6.45, 7) is 0. The Morgan fingerprint density at radius 2 is 2.46 bits per heavy atom. The van der Waals surface area contributed by atoms with Crippen molar-refractivity contribution in [2.24, 2.45) is 0 Å². The van der Waals surface area contributed by atoms with Gasteiger partial charge >= 0.3 is 5.97 Å². The van der Waals surface area contributed by atoms with Gasteiger partial charge in [-0.05, 0) is 18.2 Å². The summed E-state index contributed by atoms with van der Waals surface area (Å²) in [4.78, 5) is 10.2. The van der Waals surface area contributed by atoms with Crippen molar-refractivity contribution in [1.29, 1.82) is 0 Å². The zero-order valence-corrected chi connectivity index (χ0v) is 7.15. The molecule has 0 atom stereocenters. The molecule has 3 nitrogen and oxygen atoms in total. The molecule has 67 valence electrons. The Hall–Kier alpha value is -1.77. The second-order valence-corrected chi connectivity index (χ2v) is 2.34. The number of aliphatic carboxylic acids is 1. The lowest BCUT2D eigenvalue weighted by Crippen LogP contribution is -1.88. The molecule has 1 aromatic carbocycles. The van der Waals surface area contributed by atoms with Crippen molar-refractivity contribution in [3.05, 3.63) is 35.9 Å². The highest BCUT2D eigenvalue weighted by Gasteiger charge is 1.97. The number of benzene rings is 1. The normalized spacial score (nSPS) is 10.2. The molecule has 1 N–H and O–H groups in total. The summed E-state index contributed by atoms with van der Waals surface area (Å²) in [5.41, 5.74) is 0.726. The fourth-order valence-corrected chi connectivity index (χ4v) is 0.903. The van der Waals surface area contributed by atoms with Crippen LogP contribution in [-0.2, 0) is 4.79 Å². The van der Waals surface area contributed by atoms with Crippen molar-refractivity contribution >= 4 is 12.0 Å². The van der Waals surface area contributed by atoms with Gasteiger partial charge in [0.15, 0.2) is 0 Å². The minimum Gasteiger partial charge on any atom is -0.496 e. The molecule has 0 unspecified atom stereocenters. The van der Waals surface area contributed by atoms with Gasteiger partial charge in [-0.1, -0.05) is 12.1 Å². The Bertz CT molecular complexity index is 329. The summed E-state index contributed by atoms with van der Waals surface area (Å²) in [5.74, 6) is -0.366. The highest BCUT2D eigenvalue weighted by Crippen LogP contribution is 2.17. The van der Waals surface area contributed by atoms with Crippen molar-refractivity contribution < 1.29 is 14.6 Å². The standard InChI is InChI=1S/C10H9O3/c1-13-9-5-3-2-4-8(9)6-7-10(11)12/h2,4-7H,1H3,(H,11,12). The second kappa shape index (κ2) is 4.30. The van der Waals surface area contributed by atoms with E-state index in [-0.39, 0.29) is 0 Å². The Balaban J connectivity index is 2.93. The molecule has 0 saturated carbocycles. The molecular weight excluding hydrogens is 168 g/mol. The van der Waals surface area contributed by atoms with Gasteiger partial charge in [-0.25, -0.2) is 4.79 Å². The Kier molecular flexibility index (Phi) is 3.09. The Morgan fingerprint density at radius 1 is 1.69 bits per heavy atom. The molecule has 0 heterocycles. The molecule has 1 aromatic rings. The summed E-state index contributed by atoms with van der Waals surface area (Å²) in [6, 6.07) is 7.92. The van der Waals surface area contributed by atoms with Crippen LogP contribution in [0.15, 0.2) is 24.3 Å². The van der Waals surface area contributed by atoms with E-state index in [1.54, 1.807) is 18.2 Å². The van der Waals surface area contributed by atoms with Crippen molar-refractivity contribution in [3.63, 3.8) is 0 Å². The summed E-state index contributed by atoms with van der Waals surface area (Å²) >= 11 is 0. The van der Waals surface area contributed by atoms with Crippen LogP contribution in [0.25, 0.3) is 6.08 Å². The van der Waals surface area contributed by atoms with Crippen LogP contribution in [0, 0.1) is 6.07 Å². The zero-order chi connectivity index (χ0) is 9.68. The SMILES string of the molecule is COc1c[c]ccc1C=CC(=O)O. The van der Waals surface area contributed by atoms with Crippen molar-refractivity contribution in [1.82, 2.24) is 0 Å². The van der Waals surface area contributed by atoms with E-state index in [9.17, 15) is 4.79 Å². The number of methoxy groups -OCH3 is 1. The van der Waals surface area contributed by atoms with E-state index >= 15 is 0 Å². The van der Waals surface area contributed by atoms with E-state index < -0.39 is 5.97 Å². The Morgan fingerprint density at radius 3 is 3.08 bits per heavy atom. The van der Waals surface area contributed by atoms with E-state index in [0.717, 1.165) is 11.6 Å². The van der Waals surface area contributed by atoms with Gasteiger partial charge in [0.25, 0.3) is 0 Å². The van der Waals surface area contributed by atoms with Crippen LogP contribution in [-0.4, -0.2) is 18.2 Å². The molecule has 13 heavy (non-hydrogen) atoms. The van der Waals surface area contributed by atoms with E-state index in [1.807, 2.05) is 0 Å². The third kappa shape index (κ3) is 2.63. The number of carboxylic acids is 1. The molecule has 0 aliphatic carbocycles. The maximum Gasteiger partial charge on any atom is 0.328 e. The molecule has 0 amide bonds. The average molecular weight is 177 g/mol. The first-order valence-electron chi connectivity index (χ1n) is 3.69. The fraction of sp³-hybridized carbons (Fsp3) is 0.100. The fourth-order valence-electron chi connectivity index (χ4n) is 0.903. The maximum atomic E-state index is 10.2. The molecule has 1 radical (unpaired) electrons. The minimum absolute atomic E-state index is 0.611. The van der Waals surface area contributed by atoms with E-state index in [4.69, 9.17) is 9.84 Å². The first kappa shape index (κ1) is 9.32. The molecule has 1 rings (SSSR count). The van der Waals surface area contributed by atoms with Gasteiger partial charge in [0.2, 0.25) is 0 Å². The van der Waals surface area contributed by atoms with Crippen LogP contribution < -0.4 is 4.74 Å². The molecule has 0 aliphatic rings. The number of hydrogen-bond acceptors (Lipinski definition) is 2. The molecular formula is C10H9O3. The molecule has 0 spiro atoms. The summed E-state index contributed by atoms with van der Waals surface area (Å²) in [7, 11) is 1.53. The molecule has 3 heteroatoms. The van der Waals surface area contributed by atoms with Gasteiger partial charge in [0.05, 0.1) is 7.11 Å². The van der Waals surface area contributed by atoms with E-state index in [0.29, 0.717) is 5.75 Å². The van der Waals surface area contributed by atoms with Gasteiger partial charge in [-0.3, -0.25) is 0 Å². The first-order chi connectivity index (χ1) is 6.24. The van der Waals surface area contributed by atoms with E-state index in [1.165, 1.54) is 13.2 Å². The van der Waals surface area contributed by atoms with Crippen LogP contribution in [0.2, 0.25) is 0 Å². The lowest BCUT2D eigenvalue weighted by atomic mass is 10.2. The lowest BCUT2D eigenvalue weighted by Gasteiger charge is -2.01. The number of carboxylic acid groups (broad SMARTS) is 1. The summed E-state index contributed by atoms with van der Waals surface area (Å²) in [6.07, 6.45) is 2.55. The molecule has 0 aliphatic heterocycles. The number of ether oxygens (including phenoxy) is 1. The largest absolute Gasteiger partial charge is 0.496 e. The van der Waals surface area contributed by atoms with Crippen molar-refractivity contribution in [2.75, 3.05) is 7.11 Å². The van der Waals surface area contributed by atoms with Gasteiger partial charge in [0, 0.05) is 11.6 Å². The molecule has 0 aromatic heterocycles. The summed E-state index contributed by atoms with van der Waals surface area (Å²) < 4.78 is 5.00. The van der Waals surface area contributed by atoms with Crippen LogP contribution in [0.5, 0.6) is 5.75 Å². The van der Waals surface area contributed by atoms with Gasteiger partial charge in [0.1, 0.15) is 5.75 Å². The van der Waals surface area contributed by atoms with E-state index in [2.05, 4.69) is 6.07 Å². The van der Waals surface area contributed by atoms with Gasteiger partial charge in [-0.2, -0.15) is 0 Å². The van der Waals surface area contributed by atoms with Crippen LogP contribution in [0.4, 0.5) is 0 Å². The highest BCUT2D eigenvalue weighted by atomic mass is 16.5. The predicted octanol–water partition coefficient (Wildman–Crippen LogP) is 1.59. The lowest BCUT2D eigenvalue weighted by molar-refractivity contribution is -0.131. The van der Waals surface area contributed by atoms with Crippen LogP contribution in [0.3, 0.4) is 0 Å². The average Bonchev–Trinajstić information content (AvgIpc) is 2.15. The van der Waals surface area contributed by atoms with Gasteiger partial charge < -0.3 is 9.84 Å². The maximum absolute atomic E-state index is 10.2.